The lowest BCUT2D eigenvalue weighted by Crippen LogP contribution is -2.16. The van der Waals surface area contributed by atoms with Gasteiger partial charge in [0.1, 0.15) is 16.1 Å². The zero-order valence-corrected chi connectivity index (χ0v) is 22.9. The molecular formula is C32H30Si2. The van der Waals surface area contributed by atoms with Crippen molar-refractivity contribution in [3.63, 3.8) is 0 Å². The van der Waals surface area contributed by atoms with Crippen LogP contribution in [0.5, 0.6) is 0 Å². The van der Waals surface area contributed by atoms with E-state index in [1.165, 1.54) is 43.1 Å². The van der Waals surface area contributed by atoms with Crippen molar-refractivity contribution in [2.45, 2.75) is 39.3 Å². The van der Waals surface area contributed by atoms with E-state index < -0.39 is 16.1 Å². The third-order valence-electron chi connectivity index (χ3n) is 5.97. The standard InChI is InChI=1S/C32H30Si2/c1-33(2,3)17-15-29-27-13-9-10-14-28(27)30(16-18-34(4,5)6)32-22-26-20-24-12-8-7-11-23(24)19-25(26)21-31(29)32/h7-14,19-22H,1-6H3. The van der Waals surface area contributed by atoms with Crippen molar-refractivity contribution in [1.29, 1.82) is 0 Å². The molecule has 2 heteroatoms. The Labute approximate surface area is 205 Å². The third kappa shape index (κ3) is 4.40. The summed E-state index contributed by atoms with van der Waals surface area (Å²) in [4.78, 5) is 0. The highest BCUT2D eigenvalue weighted by molar-refractivity contribution is 6.84. The molecule has 0 radical (unpaired) electrons. The molecule has 0 N–H and O–H groups in total. The highest BCUT2D eigenvalue weighted by Crippen LogP contribution is 2.36. The molecule has 0 fully saturated rings. The number of benzene rings is 5. The summed E-state index contributed by atoms with van der Waals surface area (Å²) >= 11 is 0. The zero-order valence-electron chi connectivity index (χ0n) is 20.9. The quantitative estimate of drug-likeness (QED) is 0.120. The summed E-state index contributed by atoms with van der Waals surface area (Å²) in [6, 6.07) is 26.6. The van der Waals surface area contributed by atoms with Gasteiger partial charge in [-0.15, -0.1) is 11.1 Å². The molecule has 0 aliphatic rings. The van der Waals surface area contributed by atoms with E-state index in [2.05, 4.69) is 135 Å². The van der Waals surface area contributed by atoms with Crippen LogP contribution in [-0.2, 0) is 0 Å². The van der Waals surface area contributed by atoms with Crippen LogP contribution in [0.1, 0.15) is 11.1 Å². The Balaban J connectivity index is 1.99. The molecule has 0 amide bonds. The van der Waals surface area contributed by atoms with Crippen molar-refractivity contribution in [2.24, 2.45) is 0 Å². The van der Waals surface area contributed by atoms with Gasteiger partial charge in [0.15, 0.2) is 0 Å². The lowest BCUT2D eigenvalue weighted by atomic mass is 9.90. The van der Waals surface area contributed by atoms with Gasteiger partial charge in [0.2, 0.25) is 0 Å². The normalized spacial score (nSPS) is 11.9. The van der Waals surface area contributed by atoms with E-state index in [1.807, 2.05) is 0 Å². The average Bonchev–Trinajstić information content (AvgIpc) is 2.77. The van der Waals surface area contributed by atoms with E-state index in [-0.39, 0.29) is 0 Å². The molecule has 0 heterocycles. The van der Waals surface area contributed by atoms with E-state index in [0.29, 0.717) is 0 Å². The molecule has 0 aliphatic carbocycles. The van der Waals surface area contributed by atoms with Gasteiger partial charge in [-0.1, -0.05) is 99.7 Å². The van der Waals surface area contributed by atoms with Crippen LogP contribution in [-0.4, -0.2) is 16.1 Å². The minimum absolute atomic E-state index is 1.14. The summed E-state index contributed by atoms with van der Waals surface area (Å²) in [5, 5.41) is 9.89. The highest BCUT2D eigenvalue weighted by atomic mass is 28.3. The summed E-state index contributed by atoms with van der Waals surface area (Å²) in [5.74, 6) is 7.29. The Bertz CT molecular complexity index is 1590. The molecule has 5 aromatic rings. The number of rotatable bonds is 0. The van der Waals surface area contributed by atoms with Crippen molar-refractivity contribution < 1.29 is 0 Å². The number of hydrogen-bond acceptors (Lipinski definition) is 0. The molecule has 5 aromatic carbocycles. The van der Waals surface area contributed by atoms with E-state index in [9.17, 15) is 0 Å². The first kappa shape index (κ1) is 22.5. The second kappa shape index (κ2) is 8.17. The van der Waals surface area contributed by atoms with Crippen molar-refractivity contribution >= 4 is 59.2 Å². The number of hydrogen-bond donors (Lipinski definition) is 0. The van der Waals surface area contributed by atoms with Crippen LogP contribution < -0.4 is 0 Å². The summed E-state index contributed by atoms with van der Waals surface area (Å²) in [5.41, 5.74) is 9.55. The molecule has 0 aliphatic heterocycles. The molecular weight excluding hydrogens is 441 g/mol. The van der Waals surface area contributed by atoms with Crippen LogP contribution in [0.15, 0.2) is 72.8 Å². The molecule has 0 nitrogen and oxygen atoms in total. The molecule has 0 atom stereocenters. The van der Waals surface area contributed by atoms with Crippen LogP contribution in [0.2, 0.25) is 39.3 Å². The Morgan fingerprint density at radius 2 is 0.824 bits per heavy atom. The van der Waals surface area contributed by atoms with Gasteiger partial charge < -0.3 is 0 Å². The minimum atomic E-state index is -1.54. The smallest absolute Gasteiger partial charge is 0.127 e. The van der Waals surface area contributed by atoms with Gasteiger partial charge in [-0.25, -0.2) is 0 Å². The van der Waals surface area contributed by atoms with Crippen molar-refractivity contribution in [1.82, 2.24) is 0 Å². The minimum Gasteiger partial charge on any atom is -0.127 e. The van der Waals surface area contributed by atoms with Gasteiger partial charge in [0.25, 0.3) is 0 Å². The van der Waals surface area contributed by atoms with Crippen molar-refractivity contribution in [3.8, 4) is 22.9 Å². The largest absolute Gasteiger partial charge is 0.129 e. The molecule has 0 saturated heterocycles. The third-order valence-corrected chi connectivity index (χ3v) is 7.72. The fourth-order valence-electron chi connectivity index (χ4n) is 4.38. The SMILES string of the molecule is C[Si](C)(C)C#Cc1c2ccccc2c(C#C[Si](C)(C)C)c2cc3cc4ccccc4cc3cc12. The fraction of sp³-hybridized carbons (Fsp3) is 0.188. The van der Waals surface area contributed by atoms with Crippen LogP contribution >= 0.6 is 0 Å². The summed E-state index contributed by atoms with van der Waals surface area (Å²) in [7, 11) is -3.08. The highest BCUT2D eigenvalue weighted by Gasteiger charge is 2.15. The predicted octanol–water partition coefficient (Wildman–Crippen LogP) is 8.76. The summed E-state index contributed by atoms with van der Waals surface area (Å²) in [6.07, 6.45) is 0. The molecule has 0 aromatic heterocycles. The first-order valence-electron chi connectivity index (χ1n) is 12.0. The second-order valence-electron chi connectivity index (χ2n) is 11.2. The van der Waals surface area contributed by atoms with Gasteiger partial charge >= 0.3 is 0 Å². The monoisotopic (exact) mass is 470 g/mol. The molecule has 166 valence electrons. The van der Waals surface area contributed by atoms with E-state index in [1.54, 1.807) is 0 Å². The molecule has 5 rings (SSSR count). The number of fused-ring (bicyclic) bond motifs is 4. The molecule has 0 bridgehead atoms. The fourth-order valence-corrected chi connectivity index (χ4v) is 5.38. The maximum atomic E-state index is 3.64. The van der Waals surface area contributed by atoms with Crippen LogP contribution in [0.4, 0.5) is 0 Å². The second-order valence-corrected chi connectivity index (χ2v) is 20.7. The Kier molecular flexibility index (Phi) is 5.40. The Morgan fingerprint density at radius 1 is 0.441 bits per heavy atom. The van der Waals surface area contributed by atoms with Gasteiger partial charge in [-0.05, 0) is 67.4 Å². The van der Waals surface area contributed by atoms with Crippen molar-refractivity contribution in [3.05, 3.63) is 83.9 Å². The topological polar surface area (TPSA) is 0 Å². The maximum absolute atomic E-state index is 3.64. The average molecular weight is 471 g/mol. The van der Waals surface area contributed by atoms with Crippen LogP contribution in [0.25, 0.3) is 43.1 Å². The lowest BCUT2D eigenvalue weighted by molar-refractivity contribution is 1.72. The zero-order chi connectivity index (χ0) is 24.1. The van der Waals surface area contributed by atoms with Gasteiger partial charge in [0.05, 0.1) is 0 Å². The van der Waals surface area contributed by atoms with Gasteiger partial charge in [-0.2, -0.15) is 0 Å². The van der Waals surface area contributed by atoms with E-state index in [0.717, 1.165) is 11.1 Å². The Hall–Kier alpha value is -3.31. The molecule has 0 spiro atoms. The lowest BCUT2D eigenvalue weighted by Gasteiger charge is -2.14. The summed E-state index contributed by atoms with van der Waals surface area (Å²) < 4.78 is 0. The first-order valence-corrected chi connectivity index (χ1v) is 19.0. The van der Waals surface area contributed by atoms with E-state index >= 15 is 0 Å². The van der Waals surface area contributed by atoms with Gasteiger partial charge in [0, 0.05) is 11.1 Å². The Morgan fingerprint density at radius 3 is 1.21 bits per heavy atom. The molecule has 0 unspecified atom stereocenters. The van der Waals surface area contributed by atoms with Crippen LogP contribution in [0.3, 0.4) is 0 Å². The van der Waals surface area contributed by atoms with Gasteiger partial charge in [-0.3, -0.25) is 0 Å². The first-order chi connectivity index (χ1) is 16.1. The van der Waals surface area contributed by atoms with E-state index in [4.69, 9.17) is 0 Å². The van der Waals surface area contributed by atoms with Crippen molar-refractivity contribution in [2.75, 3.05) is 0 Å². The maximum Gasteiger partial charge on any atom is 0.129 e. The predicted molar refractivity (Wildman–Crippen MR) is 157 cm³/mol. The van der Waals surface area contributed by atoms with Crippen LogP contribution in [0, 0.1) is 22.9 Å². The molecule has 34 heavy (non-hydrogen) atoms. The summed E-state index contributed by atoms with van der Waals surface area (Å²) in [6.45, 7) is 13.8. The molecule has 0 saturated carbocycles.